The Morgan fingerprint density at radius 3 is 2.31 bits per heavy atom. The molecule has 0 saturated carbocycles. The van der Waals surface area contributed by atoms with Crippen molar-refractivity contribution in [1.29, 1.82) is 5.26 Å². The number of para-hydroxylation sites is 2. The van der Waals surface area contributed by atoms with Crippen LogP contribution in [0.15, 0.2) is 60.9 Å². The number of ether oxygens (including phenoxy) is 3. The quantitative estimate of drug-likeness (QED) is 0.343. The molecule has 1 heterocycles. The van der Waals surface area contributed by atoms with Gasteiger partial charge in [-0.25, -0.2) is 9.97 Å². The highest BCUT2D eigenvalue weighted by molar-refractivity contribution is 5.94. The molecule has 0 fully saturated rings. The molecule has 0 aliphatic rings. The summed E-state index contributed by atoms with van der Waals surface area (Å²) >= 11 is 0. The van der Waals surface area contributed by atoms with Gasteiger partial charge in [0.05, 0.1) is 18.7 Å². The molecule has 1 aromatic heterocycles. The van der Waals surface area contributed by atoms with Gasteiger partial charge in [0, 0.05) is 5.56 Å². The van der Waals surface area contributed by atoms with Crippen molar-refractivity contribution >= 4 is 12.3 Å². The van der Waals surface area contributed by atoms with Gasteiger partial charge in [-0.2, -0.15) is 5.26 Å². The van der Waals surface area contributed by atoms with E-state index < -0.39 is 11.9 Å². The zero-order chi connectivity index (χ0) is 20.6. The summed E-state index contributed by atoms with van der Waals surface area (Å²) in [6, 6.07) is 16.7. The van der Waals surface area contributed by atoms with Crippen LogP contribution in [0.5, 0.6) is 23.3 Å². The summed E-state index contributed by atoms with van der Waals surface area (Å²) in [7, 11) is 1.20. The zero-order valence-electron chi connectivity index (χ0n) is 15.3. The third kappa shape index (κ3) is 4.54. The molecule has 3 aromatic rings. The van der Waals surface area contributed by atoms with E-state index in [0.29, 0.717) is 23.2 Å². The van der Waals surface area contributed by atoms with Crippen LogP contribution in [0.3, 0.4) is 0 Å². The summed E-state index contributed by atoms with van der Waals surface area (Å²) in [5, 5.41) is 9.16. The highest BCUT2D eigenvalue weighted by Crippen LogP contribution is 2.31. The number of aromatic nitrogens is 2. The van der Waals surface area contributed by atoms with E-state index in [1.54, 1.807) is 48.5 Å². The molecule has 0 N–H and O–H groups in total. The summed E-state index contributed by atoms with van der Waals surface area (Å²) in [6.45, 7) is 0. The largest absolute Gasteiger partial charge is 0.468 e. The first-order chi connectivity index (χ1) is 14.2. The molecule has 8 nitrogen and oxygen atoms in total. The molecule has 3 rings (SSSR count). The van der Waals surface area contributed by atoms with Crippen molar-refractivity contribution in [3.63, 3.8) is 0 Å². The van der Waals surface area contributed by atoms with Crippen LogP contribution in [0.1, 0.15) is 17.0 Å². The Hall–Kier alpha value is -4.25. The third-order valence-corrected chi connectivity index (χ3v) is 3.90. The zero-order valence-corrected chi connectivity index (χ0v) is 15.3. The smallest absolute Gasteiger partial charge is 0.320 e. The molecule has 1 atom stereocenters. The standard InChI is InChI=1S/C21H15N3O5/c1-27-21(26)16(12-25)15-7-3-5-9-18(15)29-20-10-19(23-13-24-20)28-17-8-4-2-6-14(17)11-22/h2-10,12-13,16H,1H3. The Labute approximate surface area is 166 Å². The van der Waals surface area contributed by atoms with Crippen molar-refractivity contribution in [2.24, 2.45) is 0 Å². The van der Waals surface area contributed by atoms with Crippen LogP contribution in [-0.4, -0.2) is 29.3 Å². The first-order valence-corrected chi connectivity index (χ1v) is 8.45. The Bertz CT molecular complexity index is 1080. The number of nitriles is 1. The minimum Gasteiger partial charge on any atom is -0.468 e. The van der Waals surface area contributed by atoms with Gasteiger partial charge in [0.25, 0.3) is 0 Å². The molecule has 0 aliphatic carbocycles. The average molecular weight is 389 g/mol. The fraction of sp³-hybridized carbons (Fsp3) is 0.0952. The molecule has 0 radical (unpaired) electrons. The number of rotatable bonds is 7. The number of methoxy groups -OCH3 is 1. The van der Waals surface area contributed by atoms with Crippen LogP contribution in [0.25, 0.3) is 0 Å². The van der Waals surface area contributed by atoms with Gasteiger partial charge in [0.1, 0.15) is 36.1 Å². The average Bonchev–Trinajstić information content (AvgIpc) is 2.76. The van der Waals surface area contributed by atoms with E-state index in [1.807, 2.05) is 6.07 Å². The lowest BCUT2D eigenvalue weighted by Gasteiger charge is -2.14. The molecule has 144 valence electrons. The fourth-order valence-electron chi connectivity index (χ4n) is 2.52. The van der Waals surface area contributed by atoms with Crippen LogP contribution in [0.4, 0.5) is 0 Å². The van der Waals surface area contributed by atoms with Crippen molar-refractivity contribution < 1.29 is 23.8 Å². The number of hydrogen-bond acceptors (Lipinski definition) is 8. The topological polar surface area (TPSA) is 111 Å². The fourth-order valence-corrected chi connectivity index (χ4v) is 2.52. The molecule has 8 heteroatoms. The Morgan fingerprint density at radius 2 is 1.66 bits per heavy atom. The highest BCUT2D eigenvalue weighted by atomic mass is 16.5. The van der Waals surface area contributed by atoms with Gasteiger partial charge in [-0.15, -0.1) is 0 Å². The molecule has 0 bridgehead atoms. The molecular weight excluding hydrogens is 374 g/mol. The van der Waals surface area contributed by atoms with E-state index >= 15 is 0 Å². The second-order valence-corrected chi connectivity index (χ2v) is 5.68. The van der Waals surface area contributed by atoms with Crippen LogP contribution in [0.2, 0.25) is 0 Å². The third-order valence-electron chi connectivity index (χ3n) is 3.90. The molecule has 0 aliphatic heterocycles. The monoisotopic (exact) mass is 389 g/mol. The van der Waals surface area contributed by atoms with Crippen LogP contribution < -0.4 is 9.47 Å². The SMILES string of the molecule is COC(=O)C(C=O)c1ccccc1Oc1cc(Oc2ccccc2C#N)ncn1. The normalized spacial score (nSPS) is 11.0. The van der Waals surface area contributed by atoms with Crippen LogP contribution >= 0.6 is 0 Å². The number of aldehydes is 1. The van der Waals surface area contributed by atoms with E-state index in [9.17, 15) is 9.59 Å². The van der Waals surface area contributed by atoms with Crippen LogP contribution in [0, 0.1) is 11.3 Å². The van der Waals surface area contributed by atoms with Gasteiger partial charge >= 0.3 is 5.97 Å². The maximum atomic E-state index is 11.9. The number of benzene rings is 2. The van der Waals surface area contributed by atoms with E-state index in [1.165, 1.54) is 19.5 Å². The predicted octanol–water partition coefficient (Wildman–Crippen LogP) is 3.39. The molecule has 2 aromatic carbocycles. The molecular formula is C21H15N3O5. The predicted molar refractivity (Wildman–Crippen MR) is 101 cm³/mol. The van der Waals surface area contributed by atoms with Gasteiger partial charge in [-0.1, -0.05) is 30.3 Å². The van der Waals surface area contributed by atoms with E-state index in [4.69, 9.17) is 14.7 Å². The summed E-state index contributed by atoms with van der Waals surface area (Å²) in [5.74, 6) is -0.933. The first kappa shape index (κ1) is 19.5. The van der Waals surface area contributed by atoms with Gasteiger partial charge in [-0.3, -0.25) is 4.79 Å². The lowest BCUT2D eigenvalue weighted by molar-refractivity contribution is -0.143. The van der Waals surface area contributed by atoms with Gasteiger partial charge in [0.15, 0.2) is 0 Å². The van der Waals surface area contributed by atoms with E-state index in [0.717, 1.165) is 0 Å². The Balaban J connectivity index is 1.87. The van der Waals surface area contributed by atoms with Crippen molar-refractivity contribution in [2.45, 2.75) is 5.92 Å². The van der Waals surface area contributed by atoms with Gasteiger partial charge in [0.2, 0.25) is 11.8 Å². The number of nitrogens with zero attached hydrogens (tertiary/aromatic N) is 3. The van der Waals surface area contributed by atoms with Gasteiger partial charge < -0.3 is 19.0 Å². The minimum absolute atomic E-state index is 0.131. The van der Waals surface area contributed by atoms with Gasteiger partial charge in [-0.05, 0) is 18.2 Å². The second-order valence-electron chi connectivity index (χ2n) is 5.68. The summed E-state index contributed by atoms with van der Waals surface area (Å²) < 4.78 is 16.1. The van der Waals surface area contributed by atoms with Crippen molar-refractivity contribution in [1.82, 2.24) is 9.97 Å². The van der Waals surface area contributed by atoms with E-state index in [-0.39, 0.29) is 17.5 Å². The summed E-state index contributed by atoms with van der Waals surface area (Å²) in [4.78, 5) is 31.3. The second kappa shape index (κ2) is 9.10. The lowest BCUT2D eigenvalue weighted by Crippen LogP contribution is -2.16. The van der Waals surface area contributed by atoms with Crippen molar-refractivity contribution in [3.8, 4) is 29.3 Å². The maximum absolute atomic E-state index is 11.9. The number of hydrogen-bond donors (Lipinski definition) is 0. The van der Waals surface area contributed by atoms with E-state index in [2.05, 4.69) is 14.7 Å². The minimum atomic E-state index is -1.13. The number of carbonyl (C=O) groups excluding carboxylic acids is 2. The lowest BCUT2D eigenvalue weighted by atomic mass is 10.00. The maximum Gasteiger partial charge on any atom is 0.320 e. The molecule has 29 heavy (non-hydrogen) atoms. The molecule has 0 spiro atoms. The first-order valence-electron chi connectivity index (χ1n) is 8.45. The molecule has 0 amide bonds. The van der Waals surface area contributed by atoms with Crippen molar-refractivity contribution in [3.05, 3.63) is 72.1 Å². The number of carbonyl (C=O) groups is 2. The van der Waals surface area contributed by atoms with Crippen molar-refractivity contribution in [2.75, 3.05) is 7.11 Å². The summed E-state index contributed by atoms with van der Waals surface area (Å²) in [5.41, 5.74) is 0.691. The Kier molecular flexibility index (Phi) is 6.12. The Morgan fingerprint density at radius 1 is 1.03 bits per heavy atom. The highest BCUT2D eigenvalue weighted by Gasteiger charge is 2.24. The summed E-state index contributed by atoms with van der Waals surface area (Å²) in [6.07, 6.45) is 1.72. The molecule has 1 unspecified atom stereocenters. The molecule has 0 saturated heterocycles. The van der Waals surface area contributed by atoms with Crippen LogP contribution in [-0.2, 0) is 14.3 Å². The number of esters is 1.